The number of rotatable bonds is 11. The van der Waals surface area contributed by atoms with Gasteiger partial charge in [0.05, 0.1) is 24.3 Å². The minimum atomic E-state index is -0.334. The molecule has 0 fully saturated rings. The van der Waals surface area contributed by atoms with E-state index in [1.54, 1.807) is 0 Å². The molecule has 2 aromatic carbocycles. The van der Waals surface area contributed by atoms with Crippen molar-refractivity contribution in [2.75, 3.05) is 0 Å². The molecule has 0 atom stereocenters. The molecule has 0 heterocycles. The lowest BCUT2D eigenvalue weighted by atomic mass is 9.78. The molecule has 0 bridgehead atoms. The summed E-state index contributed by atoms with van der Waals surface area (Å²) in [6.07, 6.45) is 4.09. The van der Waals surface area contributed by atoms with Crippen LogP contribution in [0.15, 0.2) is 42.2 Å². The molecule has 36 heavy (non-hydrogen) atoms. The third-order valence-electron chi connectivity index (χ3n) is 7.78. The van der Waals surface area contributed by atoms with Crippen molar-refractivity contribution in [1.29, 1.82) is 0 Å². The van der Waals surface area contributed by atoms with E-state index in [1.807, 2.05) is 12.1 Å². The first-order chi connectivity index (χ1) is 16.6. The van der Waals surface area contributed by atoms with Gasteiger partial charge in [0.1, 0.15) is 11.4 Å². The van der Waals surface area contributed by atoms with E-state index in [0.29, 0.717) is 12.2 Å². The average Bonchev–Trinajstić information content (AvgIpc) is 2.83. The summed E-state index contributed by atoms with van der Waals surface area (Å²) >= 11 is 14.8. The van der Waals surface area contributed by atoms with Gasteiger partial charge in [-0.3, -0.25) is 4.79 Å². The summed E-state index contributed by atoms with van der Waals surface area (Å²) in [4.78, 5) is 12.7. The van der Waals surface area contributed by atoms with Crippen molar-refractivity contribution < 1.29 is 14.3 Å². The molecule has 0 aliphatic carbocycles. The topological polar surface area (TPSA) is 35.5 Å². The molecular weight excluding hydrogens is 716 g/mol. The summed E-state index contributed by atoms with van der Waals surface area (Å²) in [6.45, 7) is 17.1. The van der Waals surface area contributed by atoms with Crippen LogP contribution in [0.1, 0.15) is 98.6 Å². The van der Waals surface area contributed by atoms with Crippen LogP contribution in [-0.4, -0.2) is 11.6 Å². The molecule has 0 unspecified atom stereocenters. The number of esters is 1. The van der Waals surface area contributed by atoms with Gasteiger partial charge in [0.2, 0.25) is 0 Å². The Morgan fingerprint density at radius 2 is 1.08 bits per heavy atom. The molecule has 7 heteroatoms. The molecular formula is C29H38Br4O3. The van der Waals surface area contributed by atoms with Gasteiger partial charge in [-0.2, -0.15) is 0 Å². The Labute approximate surface area is 251 Å². The van der Waals surface area contributed by atoms with Crippen molar-refractivity contribution in [3.8, 4) is 11.5 Å². The fourth-order valence-electron chi connectivity index (χ4n) is 3.84. The summed E-state index contributed by atoms with van der Waals surface area (Å²) in [5.41, 5.74) is 1.58. The summed E-state index contributed by atoms with van der Waals surface area (Å²) in [7, 11) is 0. The highest BCUT2D eigenvalue weighted by Gasteiger charge is 2.30. The zero-order chi connectivity index (χ0) is 27.5. The van der Waals surface area contributed by atoms with Crippen LogP contribution < -0.4 is 9.47 Å². The minimum absolute atomic E-state index is 0.0552. The van der Waals surface area contributed by atoms with Crippen molar-refractivity contribution in [3.05, 3.63) is 53.3 Å². The summed E-state index contributed by atoms with van der Waals surface area (Å²) in [5, 5.41) is 0. The van der Waals surface area contributed by atoms with Crippen LogP contribution in [-0.2, 0) is 10.2 Å². The molecule has 200 valence electrons. The molecule has 0 spiro atoms. The first kappa shape index (κ1) is 31.8. The average molecular weight is 754 g/mol. The highest BCUT2D eigenvalue weighted by molar-refractivity contribution is 9.11. The largest absolute Gasteiger partial charge is 0.485 e. The van der Waals surface area contributed by atoms with Crippen LogP contribution in [0, 0.1) is 5.41 Å². The quantitative estimate of drug-likeness (QED) is 0.169. The first-order valence-electron chi connectivity index (χ1n) is 12.5. The van der Waals surface area contributed by atoms with E-state index in [2.05, 4.69) is 131 Å². The van der Waals surface area contributed by atoms with E-state index < -0.39 is 0 Å². The second-order valence-electron chi connectivity index (χ2n) is 10.6. The molecule has 0 aliphatic rings. The molecule has 0 N–H and O–H groups in total. The van der Waals surface area contributed by atoms with Gasteiger partial charge in [0.25, 0.3) is 0 Å². The molecule has 0 aromatic heterocycles. The Morgan fingerprint density at radius 3 is 1.44 bits per heavy atom. The highest BCUT2D eigenvalue weighted by Crippen LogP contribution is 2.45. The van der Waals surface area contributed by atoms with Gasteiger partial charge in [-0.25, -0.2) is 0 Å². The molecule has 0 saturated carbocycles. The summed E-state index contributed by atoms with van der Waals surface area (Å²) in [5.74, 6) is 1.11. The summed E-state index contributed by atoms with van der Waals surface area (Å²) in [6, 6.07) is 8.31. The van der Waals surface area contributed by atoms with E-state index in [4.69, 9.17) is 9.47 Å². The zero-order valence-corrected chi connectivity index (χ0v) is 28.9. The molecule has 0 radical (unpaired) electrons. The minimum Gasteiger partial charge on any atom is -0.485 e. The lowest BCUT2D eigenvalue weighted by molar-refractivity contribution is -0.137. The first-order valence-corrected chi connectivity index (χ1v) is 15.7. The van der Waals surface area contributed by atoms with Crippen molar-refractivity contribution in [2.24, 2.45) is 5.41 Å². The van der Waals surface area contributed by atoms with Crippen LogP contribution in [0.3, 0.4) is 0 Å². The van der Waals surface area contributed by atoms with Crippen molar-refractivity contribution in [1.82, 2.24) is 0 Å². The van der Waals surface area contributed by atoms with E-state index in [1.165, 1.54) is 0 Å². The van der Waals surface area contributed by atoms with Gasteiger partial charge >= 0.3 is 5.97 Å². The van der Waals surface area contributed by atoms with Crippen LogP contribution in [0.25, 0.3) is 0 Å². The highest BCUT2D eigenvalue weighted by atomic mass is 79.9. The maximum absolute atomic E-state index is 12.7. The van der Waals surface area contributed by atoms with Crippen molar-refractivity contribution in [2.45, 2.75) is 98.5 Å². The van der Waals surface area contributed by atoms with E-state index >= 15 is 0 Å². The molecule has 2 aromatic rings. The fourth-order valence-corrected chi connectivity index (χ4v) is 6.54. The molecule has 0 amide bonds. The van der Waals surface area contributed by atoms with Crippen molar-refractivity contribution >= 4 is 69.7 Å². The number of benzene rings is 2. The monoisotopic (exact) mass is 750 g/mol. The zero-order valence-electron chi connectivity index (χ0n) is 22.6. The Kier molecular flexibility index (Phi) is 11.2. The number of ether oxygens (including phenoxy) is 2. The van der Waals surface area contributed by atoms with Gasteiger partial charge in [0.15, 0.2) is 5.75 Å². The lowest BCUT2D eigenvalue weighted by Gasteiger charge is -2.31. The Morgan fingerprint density at radius 1 is 0.694 bits per heavy atom. The number of carbonyl (C=O) groups excluding carboxylic acids is 1. The predicted octanol–water partition coefficient (Wildman–Crippen LogP) is 11.1. The molecule has 3 nitrogen and oxygen atoms in total. The SMILES string of the molecule is CCC(C)(CC)CC(=O)Oc1c(Br)cc(C(C)(C)c2cc(Br)c(OC(C)(CC)CC)c(Br)c2)cc1Br. The molecule has 0 saturated heterocycles. The van der Waals surface area contributed by atoms with E-state index in [0.717, 1.165) is 60.5 Å². The Hall–Kier alpha value is -0.370. The Balaban J connectivity index is 2.39. The maximum atomic E-state index is 12.7. The van der Waals surface area contributed by atoms with Gasteiger partial charge in [0, 0.05) is 5.41 Å². The Bertz CT molecular complexity index is 1040. The number of hydrogen-bond donors (Lipinski definition) is 0. The number of halogens is 4. The number of hydrogen-bond acceptors (Lipinski definition) is 3. The van der Waals surface area contributed by atoms with Gasteiger partial charge in [-0.1, -0.05) is 61.3 Å². The van der Waals surface area contributed by atoms with Crippen molar-refractivity contribution in [3.63, 3.8) is 0 Å². The third kappa shape index (κ3) is 7.39. The van der Waals surface area contributed by atoms with Crippen LogP contribution in [0.5, 0.6) is 11.5 Å². The van der Waals surface area contributed by atoms with Gasteiger partial charge in [-0.15, -0.1) is 0 Å². The van der Waals surface area contributed by atoms with Crippen LogP contribution >= 0.6 is 63.7 Å². The third-order valence-corrected chi connectivity index (χ3v) is 10.1. The molecule has 2 rings (SSSR count). The van der Waals surface area contributed by atoms with Gasteiger partial charge in [-0.05, 0) is 124 Å². The second kappa shape index (κ2) is 12.7. The molecule has 0 aliphatic heterocycles. The fraction of sp³-hybridized carbons (Fsp3) is 0.552. The van der Waals surface area contributed by atoms with Crippen LogP contribution in [0.4, 0.5) is 0 Å². The van der Waals surface area contributed by atoms with E-state index in [9.17, 15) is 4.79 Å². The summed E-state index contributed by atoms with van der Waals surface area (Å²) < 4.78 is 15.5. The standard InChI is InChI=1S/C29H38Br4O3/c1-9-28(7,10-2)17-24(34)35-25-20(30)13-18(14-21(25)31)27(5,6)19-15-22(32)26(23(33)16-19)36-29(8,11-3)12-4/h13-16H,9-12,17H2,1-8H3. The van der Waals surface area contributed by atoms with E-state index in [-0.39, 0.29) is 22.4 Å². The number of carbonyl (C=O) groups is 1. The smallest absolute Gasteiger partial charge is 0.311 e. The predicted molar refractivity (Wildman–Crippen MR) is 164 cm³/mol. The second-order valence-corrected chi connectivity index (χ2v) is 14.0. The lowest BCUT2D eigenvalue weighted by Crippen LogP contribution is -2.30. The normalized spacial score (nSPS) is 12.6. The maximum Gasteiger partial charge on any atom is 0.311 e. The van der Waals surface area contributed by atoms with Gasteiger partial charge < -0.3 is 9.47 Å². The van der Waals surface area contributed by atoms with Crippen LogP contribution in [0.2, 0.25) is 0 Å².